The molecule has 0 bridgehead atoms. The fourth-order valence-corrected chi connectivity index (χ4v) is 3.41. The largest absolute Gasteiger partial charge is 0.376 e. The number of anilines is 2. The zero-order valence-electron chi connectivity index (χ0n) is 17.8. The van der Waals surface area contributed by atoms with Crippen LogP contribution in [0.25, 0.3) is 39.2 Å². The highest BCUT2D eigenvalue weighted by molar-refractivity contribution is 5.87. The summed E-state index contributed by atoms with van der Waals surface area (Å²) in [6, 6.07) is 14.0. The molecular formula is C24H22N8. The smallest absolute Gasteiger partial charge is 0.161 e. The first-order valence-electron chi connectivity index (χ1n) is 10.1. The van der Waals surface area contributed by atoms with Crippen molar-refractivity contribution < 1.29 is 0 Å². The summed E-state index contributed by atoms with van der Waals surface area (Å²) in [5.74, 6) is 1.34. The number of aromatic amines is 2. The topological polar surface area (TPSA) is 98.4 Å². The van der Waals surface area contributed by atoms with E-state index in [1.807, 2.05) is 49.5 Å². The van der Waals surface area contributed by atoms with Crippen molar-refractivity contribution in [3.63, 3.8) is 0 Å². The molecule has 3 N–H and O–H groups in total. The van der Waals surface area contributed by atoms with Gasteiger partial charge in [0.2, 0.25) is 0 Å². The van der Waals surface area contributed by atoms with Crippen molar-refractivity contribution in [3.8, 4) is 22.6 Å². The molecule has 158 valence electrons. The molecular weight excluding hydrogens is 400 g/mol. The number of H-pyrrole nitrogens is 2. The second-order valence-corrected chi connectivity index (χ2v) is 7.64. The number of hydrogen-bond acceptors (Lipinski definition) is 6. The van der Waals surface area contributed by atoms with Crippen molar-refractivity contribution in [1.82, 2.24) is 35.0 Å². The first-order chi connectivity index (χ1) is 15.6. The van der Waals surface area contributed by atoms with Crippen LogP contribution in [0.2, 0.25) is 0 Å². The minimum absolute atomic E-state index is 0.641. The molecule has 32 heavy (non-hydrogen) atoms. The maximum atomic E-state index is 4.68. The van der Waals surface area contributed by atoms with Crippen LogP contribution in [0.1, 0.15) is 5.69 Å². The Hall–Kier alpha value is -4.46. The molecule has 1 aromatic carbocycles. The number of nitrogens with one attached hydrogen (secondary N) is 3. The number of hydrogen-bond donors (Lipinski definition) is 3. The minimum Gasteiger partial charge on any atom is -0.376 e. The third-order valence-electron chi connectivity index (χ3n) is 5.22. The van der Waals surface area contributed by atoms with Crippen LogP contribution in [-0.2, 0) is 0 Å². The van der Waals surface area contributed by atoms with Gasteiger partial charge in [0.05, 0.1) is 35.2 Å². The predicted octanol–water partition coefficient (Wildman–Crippen LogP) is 4.69. The van der Waals surface area contributed by atoms with Crippen LogP contribution in [0.15, 0.2) is 73.8 Å². The Morgan fingerprint density at radius 2 is 1.91 bits per heavy atom. The van der Waals surface area contributed by atoms with Gasteiger partial charge in [-0.05, 0) is 30.3 Å². The Kier molecular flexibility index (Phi) is 4.87. The fraction of sp³-hybridized carbons (Fsp3) is 0.0833. The molecule has 0 aliphatic carbocycles. The van der Waals surface area contributed by atoms with Gasteiger partial charge in [-0.15, -0.1) is 0 Å². The van der Waals surface area contributed by atoms with Crippen LogP contribution in [0.5, 0.6) is 0 Å². The molecule has 8 nitrogen and oxygen atoms in total. The summed E-state index contributed by atoms with van der Waals surface area (Å²) in [5.41, 5.74) is 6.50. The summed E-state index contributed by atoms with van der Waals surface area (Å²) >= 11 is 0. The van der Waals surface area contributed by atoms with Crippen molar-refractivity contribution in [2.75, 3.05) is 19.4 Å². The molecule has 0 unspecified atom stereocenters. The Morgan fingerprint density at radius 3 is 2.66 bits per heavy atom. The van der Waals surface area contributed by atoms with Gasteiger partial charge in [0.1, 0.15) is 5.82 Å². The number of benzene rings is 1. The summed E-state index contributed by atoms with van der Waals surface area (Å²) in [6.45, 7) is 4.12. The van der Waals surface area contributed by atoms with Gasteiger partial charge in [-0.2, -0.15) is 5.10 Å². The molecule has 5 rings (SSSR count). The highest BCUT2D eigenvalue weighted by Gasteiger charge is 2.09. The molecule has 0 atom stereocenters. The predicted molar refractivity (Wildman–Crippen MR) is 127 cm³/mol. The van der Waals surface area contributed by atoms with Gasteiger partial charge in [0, 0.05) is 48.5 Å². The van der Waals surface area contributed by atoms with Gasteiger partial charge in [0.15, 0.2) is 5.82 Å². The Balaban J connectivity index is 1.38. The number of nitrogens with zero attached hydrogens (tertiary/aromatic N) is 5. The lowest BCUT2D eigenvalue weighted by Gasteiger charge is -2.13. The van der Waals surface area contributed by atoms with Gasteiger partial charge in [-0.25, -0.2) is 9.97 Å². The molecule has 0 saturated heterocycles. The second-order valence-electron chi connectivity index (χ2n) is 7.64. The number of fused-ring (bicyclic) bond motifs is 1. The van der Waals surface area contributed by atoms with Gasteiger partial charge in [0.25, 0.3) is 0 Å². The van der Waals surface area contributed by atoms with Crippen molar-refractivity contribution in [3.05, 3.63) is 79.5 Å². The average Bonchev–Trinajstić information content (AvgIpc) is 3.49. The first kappa shape index (κ1) is 19.5. The highest BCUT2D eigenvalue weighted by atomic mass is 15.1. The van der Waals surface area contributed by atoms with Gasteiger partial charge in [-0.3, -0.25) is 10.1 Å². The van der Waals surface area contributed by atoms with E-state index in [0.29, 0.717) is 11.6 Å². The second kappa shape index (κ2) is 7.99. The van der Waals surface area contributed by atoms with Crippen molar-refractivity contribution in [1.29, 1.82) is 0 Å². The molecule has 0 spiro atoms. The summed E-state index contributed by atoms with van der Waals surface area (Å²) in [7, 11) is 3.96. The number of pyridine rings is 1. The SMILES string of the molecule is C=C(c1cc2ccc(-c3nccc(Nc4ccc(-c5cn[nH]c5)nc4)n3)cc2[nH]1)N(C)C. The van der Waals surface area contributed by atoms with E-state index in [2.05, 4.69) is 60.2 Å². The van der Waals surface area contributed by atoms with Crippen molar-refractivity contribution >= 4 is 28.1 Å². The van der Waals surface area contributed by atoms with Crippen LogP contribution in [0, 0.1) is 0 Å². The molecule has 5 aromatic rings. The first-order valence-corrected chi connectivity index (χ1v) is 10.1. The van der Waals surface area contributed by atoms with Crippen molar-refractivity contribution in [2.24, 2.45) is 0 Å². The molecule has 0 aliphatic rings. The van der Waals surface area contributed by atoms with Gasteiger partial charge >= 0.3 is 0 Å². The van der Waals surface area contributed by atoms with E-state index in [-0.39, 0.29) is 0 Å². The highest BCUT2D eigenvalue weighted by Crippen LogP contribution is 2.26. The maximum absolute atomic E-state index is 4.68. The van der Waals surface area contributed by atoms with E-state index >= 15 is 0 Å². The zero-order valence-corrected chi connectivity index (χ0v) is 17.8. The van der Waals surface area contributed by atoms with E-state index in [1.54, 1.807) is 18.6 Å². The van der Waals surface area contributed by atoms with Crippen LogP contribution in [0.3, 0.4) is 0 Å². The van der Waals surface area contributed by atoms with Crippen LogP contribution in [-0.4, -0.2) is 49.1 Å². The lowest BCUT2D eigenvalue weighted by atomic mass is 10.1. The lowest BCUT2D eigenvalue weighted by molar-refractivity contribution is 0.591. The standard InChI is InChI=1S/C24H22N8/c1-15(32(2)3)21-10-16-4-5-17(11-22(16)30-21)24-25-9-8-23(31-24)29-19-6-7-20(26-14-19)18-12-27-28-13-18/h4-14,30H,1H2,2-3H3,(H,27,28)(H,25,29,31). The van der Waals surface area contributed by atoms with Crippen LogP contribution >= 0.6 is 0 Å². The van der Waals surface area contributed by atoms with Crippen LogP contribution < -0.4 is 5.32 Å². The Labute approximate surface area is 185 Å². The molecule has 0 amide bonds. The fourth-order valence-electron chi connectivity index (χ4n) is 3.41. The van der Waals surface area contributed by atoms with Crippen LogP contribution in [0.4, 0.5) is 11.5 Å². The summed E-state index contributed by atoms with van der Waals surface area (Å²) < 4.78 is 0. The molecule has 0 aliphatic heterocycles. The molecule has 0 fully saturated rings. The molecule has 4 aromatic heterocycles. The summed E-state index contributed by atoms with van der Waals surface area (Å²) in [6.07, 6.45) is 7.07. The number of aromatic nitrogens is 6. The van der Waals surface area contributed by atoms with Gasteiger partial charge < -0.3 is 15.2 Å². The van der Waals surface area contributed by atoms with E-state index < -0.39 is 0 Å². The minimum atomic E-state index is 0.641. The summed E-state index contributed by atoms with van der Waals surface area (Å²) in [4.78, 5) is 19.0. The maximum Gasteiger partial charge on any atom is 0.161 e. The van der Waals surface area contributed by atoms with Crippen molar-refractivity contribution in [2.45, 2.75) is 0 Å². The van der Waals surface area contributed by atoms with E-state index in [1.165, 1.54) is 0 Å². The van der Waals surface area contributed by atoms with Gasteiger partial charge in [-0.1, -0.05) is 18.7 Å². The third-order valence-corrected chi connectivity index (χ3v) is 5.22. The monoisotopic (exact) mass is 422 g/mol. The van der Waals surface area contributed by atoms with E-state index in [0.717, 1.165) is 44.8 Å². The Morgan fingerprint density at radius 1 is 1.00 bits per heavy atom. The molecule has 4 heterocycles. The average molecular weight is 422 g/mol. The number of rotatable bonds is 6. The molecule has 0 saturated carbocycles. The quantitative estimate of drug-likeness (QED) is 0.367. The Bertz CT molecular complexity index is 1380. The third kappa shape index (κ3) is 3.81. The lowest BCUT2D eigenvalue weighted by Crippen LogP contribution is -2.08. The molecule has 0 radical (unpaired) electrons. The normalized spacial score (nSPS) is 10.9. The zero-order chi connectivity index (χ0) is 22.1. The molecule has 8 heteroatoms. The summed E-state index contributed by atoms with van der Waals surface area (Å²) in [5, 5.41) is 11.2. The van der Waals surface area contributed by atoms with E-state index in [9.17, 15) is 0 Å². The van der Waals surface area contributed by atoms with E-state index in [4.69, 9.17) is 0 Å².